The van der Waals surface area contributed by atoms with E-state index in [1.807, 2.05) is 0 Å². The average molecular weight is 434 g/mol. The topological polar surface area (TPSA) is 104 Å². The van der Waals surface area contributed by atoms with Gasteiger partial charge in [0.2, 0.25) is 6.79 Å². The molecule has 0 unspecified atom stereocenters. The van der Waals surface area contributed by atoms with Crippen LogP contribution in [0.4, 0.5) is 10.1 Å². The molecule has 0 atom stereocenters. The number of carbonyl (C=O) groups excluding carboxylic acids is 1. The van der Waals surface area contributed by atoms with Gasteiger partial charge in [-0.15, -0.1) is 0 Å². The molecule has 2 aromatic carbocycles. The number of fused-ring (bicyclic) bond motifs is 2. The van der Waals surface area contributed by atoms with Crippen molar-refractivity contribution in [2.24, 2.45) is 7.05 Å². The molecular weight excluding hydrogens is 419 g/mol. The molecule has 0 aliphatic carbocycles. The minimum Gasteiger partial charge on any atom is -0.454 e. The Kier molecular flexibility index (Phi) is 4.47. The van der Waals surface area contributed by atoms with E-state index in [0.717, 1.165) is 4.57 Å². The second-order valence-corrected chi connectivity index (χ2v) is 7.08. The van der Waals surface area contributed by atoms with E-state index >= 15 is 0 Å². The van der Waals surface area contributed by atoms with Gasteiger partial charge in [0.1, 0.15) is 5.82 Å². The van der Waals surface area contributed by atoms with Gasteiger partial charge in [-0.3, -0.25) is 14.2 Å². The average Bonchev–Trinajstić information content (AvgIpc) is 3.26. The molecule has 0 saturated carbocycles. The maximum absolute atomic E-state index is 13.3. The van der Waals surface area contributed by atoms with Crippen LogP contribution in [-0.4, -0.2) is 26.8 Å². The van der Waals surface area contributed by atoms with E-state index in [9.17, 15) is 18.8 Å². The number of carbonyl (C=O) groups is 1. The van der Waals surface area contributed by atoms with E-state index < -0.39 is 23.0 Å². The molecule has 1 N–H and O–H groups in total. The van der Waals surface area contributed by atoms with Crippen molar-refractivity contribution in [3.05, 3.63) is 86.9 Å². The standard InChI is InChI=1S/C22H15FN4O5/c1-26-21(29)16-8-12(20(28)25-14-4-7-17-18(9-14)32-11-31-17)10-24-19(16)27(22(26)30)15-5-2-13(23)3-6-15/h2-10H,11H2,1H3,(H,25,28). The highest BCUT2D eigenvalue weighted by Crippen LogP contribution is 2.34. The Bertz CT molecular complexity index is 1510. The molecule has 1 amide bonds. The highest BCUT2D eigenvalue weighted by atomic mass is 19.1. The van der Waals surface area contributed by atoms with Crippen molar-refractivity contribution in [2.75, 3.05) is 12.1 Å². The van der Waals surface area contributed by atoms with E-state index in [4.69, 9.17) is 9.47 Å². The summed E-state index contributed by atoms with van der Waals surface area (Å²) in [5, 5.41) is 2.78. The van der Waals surface area contributed by atoms with Gasteiger partial charge in [-0.05, 0) is 42.5 Å². The fourth-order valence-corrected chi connectivity index (χ4v) is 3.43. The number of nitrogens with one attached hydrogen (secondary N) is 1. The van der Waals surface area contributed by atoms with Crippen LogP contribution in [0.25, 0.3) is 16.7 Å². The molecule has 9 nitrogen and oxygen atoms in total. The summed E-state index contributed by atoms with van der Waals surface area (Å²) in [4.78, 5) is 42.5. The summed E-state index contributed by atoms with van der Waals surface area (Å²) >= 11 is 0. The molecule has 3 heterocycles. The molecule has 0 radical (unpaired) electrons. The lowest BCUT2D eigenvalue weighted by molar-refractivity contribution is 0.102. The number of anilines is 1. The van der Waals surface area contributed by atoms with Crippen molar-refractivity contribution in [3.8, 4) is 17.2 Å². The molecule has 10 heteroatoms. The zero-order valence-corrected chi connectivity index (χ0v) is 16.7. The van der Waals surface area contributed by atoms with Gasteiger partial charge in [-0.1, -0.05) is 0 Å². The van der Waals surface area contributed by atoms with Crippen molar-refractivity contribution in [1.82, 2.24) is 14.1 Å². The van der Waals surface area contributed by atoms with Gasteiger partial charge >= 0.3 is 5.69 Å². The van der Waals surface area contributed by atoms with Gasteiger partial charge in [0.15, 0.2) is 17.1 Å². The number of rotatable bonds is 3. The van der Waals surface area contributed by atoms with Crippen molar-refractivity contribution >= 4 is 22.6 Å². The number of halogens is 1. The van der Waals surface area contributed by atoms with Gasteiger partial charge in [0.05, 0.1) is 16.6 Å². The first-order chi connectivity index (χ1) is 15.4. The molecule has 160 valence electrons. The first-order valence-electron chi connectivity index (χ1n) is 9.51. The van der Waals surface area contributed by atoms with Crippen LogP contribution in [0.3, 0.4) is 0 Å². The molecular formula is C22H15FN4O5. The number of amides is 1. The van der Waals surface area contributed by atoms with Crippen LogP contribution in [-0.2, 0) is 7.05 Å². The van der Waals surface area contributed by atoms with Crippen LogP contribution < -0.4 is 26.0 Å². The van der Waals surface area contributed by atoms with Gasteiger partial charge in [0.25, 0.3) is 11.5 Å². The maximum atomic E-state index is 13.3. The van der Waals surface area contributed by atoms with Crippen LogP contribution >= 0.6 is 0 Å². The molecule has 5 rings (SSSR count). The molecule has 4 aromatic rings. The normalized spacial score (nSPS) is 12.2. The third-order valence-electron chi connectivity index (χ3n) is 5.07. The fourth-order valence-electron chi connectivity index (χ4n) is 3.43. The third-order valence-corrected chi connectivity index (χ3v) is 5.07. The summed E-state index contributed by atoms with van der Waals surface area (Å²) < 4.78 is 26.0. The first kappa shape index (κ1) is 19.5. The quantitative estimate of drug-likeness (QED) is 0.530. The van der Waals surface area contributed by atoms with E-state index in [1.54, 1.807) is 18.2 Å². The van der Waals surface area contributed by atoms with E-state index in [0.29, 0.717) is 22.9 Å². The summed E-state index contributed by atoms with van der Waals surface area (Å²) in [5.74, 6) is 0.125. The van der Waals surface area contributed by atoms with Crippen LogP contribution in [0.5, 0.6) is 11.5 Å². The molecule has 32 heavy (non-hydrogen) atoms. The van der Waals surface area contributed by atoms with E-state index in [2.05, 4.69) is 10.3 Å². The molecule has 0 fully saturated rings. The summed E-state index contributed by atoms with van der Waals surface area (Å²) in [6, 6.07) is 11.5. The SMILES string of the molecule is Cn1c(=O)c2cc(C(=O)Nc3ccc4c(c3)OCO4)cnc2n(-c2ccc(F)cc2)c1=O. The predicted octanol–water partition coefficient (Wildman–Crippen LogP) is 2.20. The minimum atomic E-state index is -0.640. The molecule has 1 aliphatic heterocycles. The number of hydrogen-bond donors (Lipinski definition) is 1. The zero-order chi connectivity index (χ0) is 22.4. The Hall–Kier alpha value is -4.47. The number of aromatic nitrogens is 3. The monoisotopic (exact) mass is 434 g/mol. The van der Waals surface area contributed by atoms with Crippen molar-refractivity contribution in [3.63, 3.8) is 0 Å². The molecule has 1 aliphatic rings. The Labute approximate surface area is 179 Å². The van der Waals surface area contributed by atoms with E-state index in [1.165, 1.54) is 48.1 Å². The number of nitrogens with zero attached hydrogens (tertiary/aromatic N) is 3. The summed E-state index contributed by atoms with van der Waals surface area (Å²) in [7, 11) is 1.32. The lowest BCUT2D eigenvalue weighted by Gasteiger charge is -2.12. The largest absolute Gasteiger partial charge is 0.454 e. The lowest BCUT2D eigenvalue weighted by atomic mass is 10.2. The first-order valence-corrected chi connectivity index (χ1v) is 9.51. The Morgan fingerprint density at radius 2 is 1.81 bits per heavy atom. The Morgan fingerprint density at radius 1 is 1.06 bits per heavy atom. The molecule has 2 aromatic heterocycles. The van der Waals surface area contributed by atoms with Crippen molar-refractivity contribution in [1.29, 1.82) is 0 Å². The van der Waals surface area contributed by atoms with Crippen LogP contribution in [0.1, 0.15) is 10.4 Å². The lowest BCUT2D eigenvalue weighted by Crippen LogP contribution is -2.38. The molecule has 0 spiro atoms. The fraction of sp³-hybridized carbons (Fsp3) is 0.0909. The maximum Gasteiger partial charge on any atom is 0.337 e. The summed E-state index contributed by atoms with van der Waals surface area (Å²) in [5.41, 5.74) is -0.251. The van der Waals surface area contributed by atoms with E-state index in [-0.39, 0.29) is 23.4 Å². The van der Waals surface area contributed by atoms with Crippen LogP contribution in [0.2, 0.25) is 0 Å². The van der Waals surface area contributed by atoms with Gasteiger partial charge < -0.3 is 14.8 Å². The van der Waals surface area contributed by atoms with Crippen molar-refractivity contribution < 1.29 is 18.7 Å². The highest BCUT2D eigenvalue weighted by Gasteiger charge is 2.18. The molecule has 0 bridgehead atoms. The summed E-state index contributed by atoms with van der Waals surface area (Å²) in [6.07, 6.45) is 1.27. The van der Waals surface area contributed by atoms with Gasteiger partial charge in [-0.2, -0.15) is 0 Å². The number of pyridine rings is 1. The zero-order valence-electron chi connectivity index (χ0n) is 16.7. The third kappa shape index (κ3) is 3.18. The second kappa shape index (κ2) is 7.34. The predicted molar refractivity (Wildman–Crippen MR) is 113 cm³/mol. The smallest absolute Gasteiger partial charge is 0.337 e. The van der Waals surface area contributed by atoms with Gasteiger partial charge in [0, 0.05) is 25.0 Å². The number of hydrogen-bond acceptors (Lipinski definition) is 6. The van der Waals surface area contributed by atoms with Crippen LogP contribution in [0, 0.1) is 5.82 Å². The Balaban J connectivity index is 1.58. The van der Waals surface area contributed by atoms with Gasteiger partial charge in [-0.25, -0.2) is 18.7 Å². The Morgan fingerprint density at radius 3 is 2.59 bits per heavy atom. The van der Waals surface area contributed by atoms with Crippen molar-refractivity contribution in [2.45, 2.75) is 0 Å². The minimum absolute atomic E-state index is 0.0596. The van der Waals surface area contributed by atoms with Crippen LogP contribution in [0.15, 0.2) is 64.3 Å². The number of ether oxygens (including phenoxy) is 2. The highest BCUT2D eigenvalue weighted by molar-refractivity contribution is 6.05. The summed E-state index contributed by atoms with van der Waals surface area (Å²) in [6.45, 7) is 0.111. The molecule has 0 saturated heterocycles. The second-order valence-electron chi connectivity index (χ2n) is 7.08. The number of benzene rings is 2.